The van der Waals surface area contributed by atoms with Crippen LogP contribution in [0, 0.1) is 0 Å². The van der Waals surface area contributed by atoms with E-state index >= 15 is 0 Å². The van der Waals surface area contributed by atoms with Crippen LogP contribution in [-0.4, -0.2) is 29.3 Å². The molecule has 1 aromatic heterocycles. The van der Waals surface area contributed by atoms with Crippen molar-refractivity contribution in [3.8, 4) is 0 Å². The van der Waals surface area contributed by atoms with Gasteiger partial charge in [-0.1, -0.05) is 6.08 Å². The number of aromatic nitrogens is 2. The molecule has 0 aliphatic heterocycles. The highest BCUT2D eigenvalue weighted by molar-refractivity contribution is 5.60. The SMILES string of the molecule is C=CCOCCNc1c(N)n(C)c(=O)[nH]c1=O. The van der Waals surface area contributed by atoms with Gasteiger partial charge in [0.25, 0.3) is 5.56 Å². The molecule has 17 heavy (non-hydrogen) atoms. The van der Waals surface area contributed by atoms with E-state index in [4.69, 9.17) is 10.5 Å². The standard InChI is InChI=1S/C10H16N4O3/c1-3-5-17-6-4-12-7-8(11)14(2)10(16)13-9(7)15/h3,12H,1,4-6,11H2,2H3,(H,13,15,16). The smallest absolute Gasteiger partial charge is 0.329 e. The molecule has 94 valence electrons. The molecular formula is C10H16N4O3. The Kier molecular flexibility index (Phi) is 4.53. The van der Waals surface area contributed by atoms with Gasteiger partial charge in [-0.15, -0.1) is 6.58 Å². The van der Waals surface area contributed by atoms with Gasteiger partial charge in [0.2, 0.25) is 0 Å². The van der Waals surface area contributed by atoms with Gasteiger partial charge >= 0.3 is 5.69 Å². The first-order valence-corrected chi connectivity index (χ1v) is 5.09. The molecule has 0 aliphatic rings. The van der Waals surface area contributed by atoms with E-state index in [1.807, 2.05) is 0 Å². The van der Waals surface area contributed by atoms with Gasteiger partial charge in [0.15, 0.2) is 0 Å². The van der Waals surface area contributed by atoms with Crippen LogP contribution in [0.3, 0.4) is 0 Å². The maximum absolute atomic E-state index is 11.5. The Labute approximate surface area is 97.9 Å². The Morgan fingerprint density at radius 2 is 2.29 bits per heavy atom. The van der Waals surface area contributed by atoms with Gasteiger partial charge in [0.1, 0.15) is 11.5 Å². The van der Waals surface area contributed by atoms with Crippen molar-refractivity contribution in [2.24, 2.45) is 7.05 Å². The van der Waals surface area contributed by atoms with E-state index in [0.717, 1.165) is 4.57 Å². The number of rotatable bonds is 6. The molecule has 0 bridgehead atoms. The van der Waals surface area contributed by atoms with Crippen molar-refractivity contribution in [1.29, 1.82) is 0 Å². The first-order valence-electron chi connectivity index (χ1n) is 5.09. The number of hydrogen-bond donors (Lipinski definition) is 3. The number of aromatic amines is 1. The predicted octanol–water partition coefficient (Wildman–Crippen LogP) is -0.730. The number of hydrogen-bond acceptors (Lipinski definition) is 5. The van der Waals surface area contributed by atoms with Crippen molar-refractivity contribution < 1.29 is 4.74 Å². The lowest BCUT2D eigenvalue weighted by Crippen LogP contribution is -2.33. The van der Waals surface area contributed by atoms with Crippen LogP contribution in [0.25, 0.3) is 0 Å². The van der Waals surface area contributed by atoms with Crippen LogP contribution in [-0.2, 0) is 11.8 Å². The van der Waals surface area contributed by atoms with E-state index in [2.05, 4.69) is 16.9 Å². The van der Waals surface area contributed by atoms with Crippen molar-refractivity contribution in [3.63, 3.8) is 0 Å². The highest BCUT2D eigenvalue weighted by Gasteiger charge is 2.08. The molecular weight excluding hydrogens is 224 g/mol. The summed E-state index contributed by atoms with van der Waals surface area (Å²) in [6.07, 6.45) is 1.63. The fourth-order valence-corrected chi connectivity index (χ4v) is 1.22. The average molecular weight is 240 g/mol. The summed E-state index contributed by atoms with van der Waals surface area (Å²) in [5, 5.41) is 2.82. The molecule has 0 saturated heterocycles. The van der Waals surface area contributed by atoms with Crippen molar-refractivity contribution in [3.05, 3.63) is 33.5 Å². The summed E-state index contributed by atoms with van der Waals surface area (Å²) in [6, 6.07) is 0. The maximum atomic E-state index is 11.5. The second-order valence-electron chi connectivity index (χ2n) is 3.37. The third kappa shape index (κ3) is 3.22. The largest absolute Gasteiger partial charge is 0.383 e. The molecule has 0 saturated carbocycles. The minimum Gasteiger partial charge on any atom is -0.383 e. The Morgan fingerprint density at radius 1 is 1.59 bits per heavy atom. The molecule has 1 rings (SSSR count). The molecule has 0 spiro atoms. The number of nitrogens with zero attached hydrogens (tertiary/aromatic N) is 1. The Balaban J connectivity index is 2.72. The molecule has 0 unspecified atom stereocenters. The fraction of sp³-hybridized carbons (Fsp3) is 0.400. The van der Waals surface area contributed by atoms with Crippen molar-refractivity contribution >= 4 is 11.5 Å². The van der Waals surface area contributed by atoms with Gasteiger partial charge < -0.3 is 15.8 Å². The van der Waals surface area contributed by atoms with Crippen LogP contribution in [0.2, 0.25) is 0 Å². The van der Waals surface area contributed by atoms with Crippen LogP contribution in [0.15, 0.2) is 22.2 Å². The highest BCUT2D eigenvalue weighted by Crippen LogP contribution is 2.07. The average Bonchev–Trinajstić information content (AvgIpc) is 2.30. The topological polar surface area (TPSA) is 102 Å². The van der Waals surface area contributed by atoms with Crippen LogP contribution in [0.5, 0.6) is 0 Å². The molecule has 0 aliphatic carbocycles. The van der Waals surface area contributed by atoms with E-state index in [1.165, 1.54) is 7.05 Å². The van der Waals surface area contributed by atoms with Gasteiger partial charge in [0, 0.05) is 13.6 Å². The number of anilines is 2. The summed E-state index contributed by atoms with van der Waals surface area (Å²) >= 11 is 0. The summed E-state index contributed by atoms with van der Waals surface area (Å²) in [5.74, 6) is 0.0995. The van der Waals surface area contributed by atoms with Crippen LogP contribution >= 0.6 is 0 Å². The molecule has 1 heterocycles. The first kappa shape index (κ1) is 13.0. The second-order valence-corrected chi connectivity index (χ2v) is 3.37. The molecule has 7 heteroatoms. The summed E-state index contributed by atoms with van der Waals surface area (Å²) in [5.41, 5.74) is 4.75. The highest BCUT2D eigenvalue weighted by atomic mass is 16.5. The van der Waals surface area contributed by atoms with Crippen LogP contribution in [0.1, 0.15) is 0 Å². The summed E-state index contributed by atoms with van der Waals surface area (Å²) < 4.78 is 6.30. The molecule has 0 amide bonds. The molecule has 1 aromatic rings. The number of H-pyrrole nitrogens is 1. The Morgan fingerprint density at radius 3 is 2.94 bits per heavy atom. The summed E-state index contributed by atoms with van der Waals surface area (Å²) in [7, 11) is 1.48. The molecule has 4 N–H and O–H groups in total. The zero-order valence-corrected chi connectivity index (χ0v) is 9.66. The lowest BCUT2D eigenvalue weighted by Gasteiger charge is -2.10. The van der Waals surface area contributed by atoms with Crippen molar-refractivity contribution in [2.45, 2.75) is 0 Å². The second kappa shape index (κ2) is 5.90. The van der Waals surface area contributed by atoms with E-state index in [1.54, 1.807) is 6.08 Å². The number of ether oxygens (including phenoxy) is 1. The fourth-order valence-electron chi connectivity index (χ4n) is 1.22. The normalized spacial score (nSPS) is 10.2. The summed E-state index contributed by atoms with van der Waals surface area (Å²) in [4.78, 5) is 24.8. The zero-order valence-electron chi connectivity index (χ0n) is 9.66. The van der Waals surface area contributed by atoms with Gasteiger partial charge in [-0.3, -0.25) is 14.3 Å². The van der Waals surface area contributed by atoms with Crippen LogP contribution < -0.4 is 22.3 Å². The quantitative estimate of drug-likeness (QED) is 0.449. The molecule has 7 nitrogen and oxygen atoms in total. The van der Waals surface area contributed by atoms with Gasteiger partial charge in [0.05, 0.1) is 13.2 Å². The predicted molar refractivity (Wildman–Crippen MR) is 66.2 cm³/mol. The zero-order chi connectivity index (χ0) is 12.8. The first-order chi connectivity index (χ1) is 8.07. The van der Waals surface area contributed by atoms with Gasteiger partial charge in [-0.2, -0.15) is 0 Å². The van der Waals surface area contributed by atoms with Gasteiger partial charge in [-0.05, 0) is 0 Å². The van der Waals surface area contributed by atoms with E-state index in [-0.39, 0.29) is 11.5 Å². The third-order valence-corrected chi connectivity index (χ3v) is 2.15. The van der Waals surface area contributed by atoms with Crippen LogP contribution in [0.4, 0.5) is 11.5 Å². The lowest BCUT2D eigenvalue weighted by atomic mass is 10.4. The number of nitrogens with two attached hydrogens (primary N) is 1. The lowest BCUT2D eigenvalue weighted by molar-refractivity contribution is 0.173. The van der Waals surface area contributed by atoms with Crippen molar-refractivity contribution in [2.75, 3.05) is 30.8 Å². The molecule has 0 aromatic carbocycles. The monoisotopic (exact) mass is 240 g/mol. The summed E-state index contributed by atoms with van der Waals surface area (Å²) in [6.45, 7) is 4.78. The molecule has 0 radical (unpaired) electrons. The maximum Gasteiger partial charge on any atom is 0.329 e. The van der Waals surface area contributed by atoms with E-state index in [0.29, 0.717) is 19.8 Å². The Hall–Kier alpha value is -2.02. The van der Waals surface area contributed by atoms with E-state index < -0.39 is 11.2 Å². The minimum atomic E-state index is -0.541. The van der Waals surface area contributed by atoms with E-state index in [9.17, 15) is 9.59 Å². The van der Waals surface area contributed by atoms with Gasteiger partial charge in [-0.25, -0.2) is 4.79 Å². The Bertz CT molecular complexity index is 503. The molecule has 0 fully saturated rings. The number of nitrogen functional groups attached to an aromatic ring is 1. The third-order valence-electron chi connectivity index (χ3n) is 2.15. The molecule has 0 atom stereocenters. The minimum absolute atomic E-state index is 0.0995. The number of nitrogens with one attached hydrogen (secondary N) is 2. The van der Waals surface area contributed by atoms with Crippen molar-refractivity contribution in [1.82, 2.24) is 9.55 Å².